The summed E-state index contributed by atoms with van der Waals surface area (Å²) in [6, 6.07) is 12.0. The molecule has 0 unspecified atom stereocenters. The van der Waals surface area contributed by atoms with Crippen LogP contribution in [0.25, 0.3) is 11.1 Å². The van der Waals surface area contributed by atoms with Crippen molar-refractivity contribution in [2.24, 2.45) is 16.1 Å². The van der Waals surface area contributed by atoms with Gasteiger partial charge < -0.3 is 19.9 Å². The largest absolute Gasteiger partial charge is 0.493 e. The maximum Gasteiger partial charge on any atom is 0.283 e. The number of aromatic nitrogens is 2. The first-order valence-electron chi connectivity index (χ1n) is 10.2. The average Bonchev–Trinajstić information content (AvgIpc) is 3.15. The number of hydrogen-bond acceptors (Lipinski definition) is 7. The second-order valence-electron chi connectivity index (χ2n) is 9.05. The average molecular weight is 416 g/mol. The highest BCUT2D eigenvalue weighted by Gasteiger charge is 2.47. The van der Waals surface area contributed by atoms with Crippen LogP contribution >= 0.6 is 0 Å². The maximum absolute atomic E-state index is 6.24. The number of rotatable bonds is 3. The van der Waals surface area contributed by atoms with Gasteiger partial charge in [-0.15, -0.1) is 0 Å². The number of amidine groups is 1. The van der Waals surface area contributed by atoms with Crippen LogP contribution in [0.1, 0.15) is 31.9 Å². The molecule has 1 spiro atoms. The van der Waals surface area contributed by atoms with Crippen molar-refractivity contribution in [2.45, 2.75) is 26.3 Å². The quantitative estimate of drug-likeness (QED) is 0.686. The van der Waals surface area contributed by atoms with Crippen molar-refractivity contribution in [1.82, 2.24) is 9.97 Å². The molecule has 2 aliphatic heterocycles. The van der Waals surface area contributed by atoms with Crippen LogP contribution in [0.4, 0.5) is 0 Å². The molecular formula is C24H24N4O3. The minimum atomic E-state index is -0.806. The van der Waals surface area contributed by atoms with Gasteiger partial charge in [0.05, 0.1) is 6.61 Å². The van der Waals surface area contributed by atoms with Gasteiger partial charge in [-0.1, -0.05) is 26.8 Å². The van der Waals surface area contributed by atoms with Gasteiger partial charge in [0.15, 0.2) is 5.54 Å². The van der Waals surface area contributed by atoms with Gasteiger partial charge in [0.2, 0.25) is 0 Å². The number of aliphatic imine (C=N–C) groups is 1. The number of fused-ring (bicyclic) bond motifs is 4. The molecule has 0 amide bonds. The lowest BCUT2D eigenvalue weighted by Crippen LogP contribution is -2.31. The second-order valence-corrected chi connectivity index (χ2v) is 9.05. The minimum Gasteiger partial charge on any atom is -0.493 e. The fourth-order valence-electron chi connectivity index (χ4n) is 3.85. The molecule has 7 heteroatoms. The van der Waals surface area contributed by atoms with Gasteiger partial charge in [0, 0.05) is 29.1 Å². The molecule has 2 N–H and O–H groups in total. The SMILES string of the molecule is CC(C)(C)COc1ccc2c(c1)[C@]1(COC(N)=N1)c1cc(-c3cncnc3)ccc1O2. The van der Waals surface area contributed by atoms with Crippen molar-refractivity contribution in [2.75, 3.05) is 13.2 Å². The van der Waals surface area contributed by atoms with Crippen molar-refractivity contribution in [3.63, 3.8) is 0 Å². The van der Waals surface area contributed by atoms with Crippen molar-refractivity contribution in [3.05, 3.63) is 66.2 Å². The first-order valence-corrected chi connectivity index (χ1v) is 10.2. The summed E-state index contributed by atoms with van der Waals surface area (Å²) in [5.41, 5.74) is 8.86. The summed E-state index contributed by atoms with van der Waals surface area (Å²) in [6.07, 6.45) is 5.07. The van der Waals surface area contributed by atoms with Crippen LogP contribution in [-0.2, 0) is 10.3 Å². The molecule has 1 aromatic heterocycles. The molecule has 2 aromatic carbocycles. The smallest absolute Gasteiger partial charge is 0.283 e. The Morgan fingerprint density at radius 1 is 1.00 bits per heavy atom. The monoisotopic (exact) mass is 416 g/mol. The summed E-state index contributed by atoms with van der Waals surface area (Å²) in [7, 11) is 0. The predicted molar refractivity (Wildman–Crippen MR) is 117 cm³/mol. The van der Waals surface area contributed by atoms with Crippen molar-refractivity contribution < 1.29 is 14.2 Å². The Balaban J connectivity index is 1.63. The van der Waals surface area contributed by atoms with Crippen LogP contribution in [0.2, 0.25) is 0 Å². The Morgan fingerprint density at radius 3 is 2.39 bits per heavy atom. The number of ether oxygens (including phenoxy) is 3. The zero-order chi connectivity index (χ0) is 21.6. The van der Waals surface area contributed by atoms with Crippen LogP contribution in [0, 0.1) is 5.41 Å². The molecule has 0 aliphatic carbocycles. The fourth-order valence-corrected chi connectivity index (χ4v) is 3.85. The summed E-state index contributed by atoms with van der Waals surface area (Å²) in [5, 5.41) is 0. The van der Waals surface area contributed by atoms with Crippen LogP contribution in [0.5, 0.6) is 17.2 Å². The Hall–Kier alpha value is -3.61. The normalized spacial score (nSPS) is 19.1. The lowest BCUT2D eigenvalue weighted by Gasteiger charge is -2.34. The number of hydrogen-bond donors (Lipinski definition) is 1. The number of benzene rings is 2. The Bertz CT molecular complexity index is 1170. The van der Waals surface area contributed by atoms with E-state index in [-0.39, 0.29) is 11.4 Å². The summed E-state index contributed by atoms with van der Waals surface area (Å²) in [6.45, 7) is 7.29. The van der Waals surface area contributed by atoms with E-state index in [0.717, 1.165) is 33.8 Å². The van der Waals surface area contributed by atoms with Crippen LogP contribution in [0.3, 0.4) is 0 Å². The molecular weight excluding hydrogens is 392 g/mol. The molecule has 31 heavy (non-hydrogen) atoms. The van der Waals surface area contributed by atoms with Gasteiger partial charge in [-0.2, -0.15) is 0 Å². The van der Waals surface area contributed by atoms with E-state index in [1.807, 2.05) is 36.4 Å². The Kier molecular flexibility index (Phi) is 4.36. The molecule has 3 aromatic rings. The van der Waals surface area contributed by atoms with Gasteiger partial charge >= 0.3 is 0 Å². The molecule has 0 saturated heterocycles. The highest BCUT2D eigenvalue weighted by atomic mass is 16.5. The van der Waals surface area contributed by atoms with Crippen LogP contribution < -0.4 is 15.2 Å². The summed E-state index contributed by atoms with van der Waals surface area (Å²) >= 11 is 0. The maximum atomic E-state index is 6.24. The van der Waals surface area contributed by atoms with Crippen molar-refractivity contribution >= 4 is 6.02 Å². The summed E-state index contributed by atoms with van der Waals surface area (Å²) in [5.74, 6) is 2.19. The molecule has 1 atom stereocenters. The zero-order valence-electron chi connectivity index (χ0n) is 17.8. The van der Waals surface area contributed by atoms with Gasteiger partial charge in [-0.3, -0.25) is 0 Å². The number of nitrogens with zero attached hydrogens (tertiary/aromatic N) is 3. The van der Waals surface area contributed by atoms with Gasteiger partial charge in [-0.05, 0) is 41.3 Å². The third-order valence-electron chi connectivity index (χ3n) is 5.34. The molecule has 5 rings (SSSR count). The summed E-state index contributed by atoms with van der Waals surface area (Å²) < 4.78 is 18.0. The first-order chi connectivity index (χ1) is 14.8. The lowest BCUT2D eigenvalue weighted by atomic mass is 9.80. The second kappa shape index (κ2) is 6.97. The third kappa shape index (κ3) is 3.46. The summed E-state index contributed by atoms with van der Waals surface area (Å²) in [4.78, 5) is 13.0. The van der Waals surface area contributed by atoms with E-state index in [1.54, 1.807) is 12.4 Å². The molecule has 7 nitrogen and oxygen atoms in total. The van der Waals surface area contributed by atoms with E-state index in [9.17, 15) is 0 Å². The van der Waals surface area contributed by atoms with Gasteiger partial charge in [0.1, 0.15) is 30.2 Å². The van der Waals surface area contributed by atoms with Gasteiger partial charge in [0.25, 0.3) is 6.02 Å². The standard InChI is InChI=1S/C24H24N4O3/c1-23(2,3)12-29-17-5-7-21-19(9-17)24(13-30-22(25)28-24)18-8-15(4-6-20(18)31-21)16-10-26-14-27-11-16/h4-11,14H,12-13H2,1-3H3,(H2,25,28)/t24-/m0/s1. The predicted octanol–water partition coefficient (Wildman–Crippen LogP) is 4.26. The third-order valence-corrected chi connectivity index (χ3v) is 5.34. The van der Waals surface area contributed by atoms with Crippen LogP contribution in [-0.4, -0.2) is 29.2 Å². The van der Waals surface area contributed by atoms with E-state index in [0.29, 0.717) is 19.0 Å². The first kappa shape index (κ1) is 19.4. The molecule has 158 valence electrons. The van der Waals surface area contributed by atoms with Crippen molar-refractivity contribution in [1.29, 1.82) is 0 Å². The van der Waals surface area contributed by atoms with E-state index in [1.165, 1.54) is 6.33 Å². The Labute approximate surface area is 180 Å². The lowest BCUT2D eigenvalue weighted by molar-refractivity contribution is 0.197. The van der Waals surface area contributed by atoms with E-state index in [4.69, 9.17) is 24.9 Å². The Morgan fingerprint density at radius 2 is 1.71 bits per heavy atom. The van der Waals surface area contributed by atoms with Crippen molar-refractivity contribution in [3.8, 4) is 28.4 Å². The highest BCUT2D eigenvalue weighted by Crippen LogP contribution is 2.52. The highest BCUT2D eigenvalue weighted by molar-refractivity contribution is 5.78. The molecule has 0 fully saturated rings. The fraction of sp³-hybridized carbons (Fsp3) is 0.292. The topological polar surface area (TPSA) is 91.9 Å². The number of nitrogens with two attached hydrogens (primary N) is 1. The molecule has 0 radical (unpaired) electrons. The van der Waals surface area contributed by atoms with Crippen LogP contribution in [0.15, 0.2) is 60.1 Å². The van der Waals surface area contributed by atoms with E-state index < -0.39 is 5.54 Å². The molecule has 2 aliphatic rings. The molecule has 0 bridgehead atoms. The zero-order valence-corrected chi connectivity index (χ0v) is 17.8. The minimum absolute atomic E-state index is 0.0440. The van der Waals surface area contributed by atoms with E-state index in [2.05, 4.69) is 30.7 Å². The molecule has 0 saturated carbocycles. The molecule has 3 heterocycles. The van der Waals surface area contributed by atoms with E-state index >= 15 is 0 Å². The van der Waals surface area contributed by atoms with Gasteiger partial charge in [-0.25, -0.2) is 15.0 Å².